The van der Waals surface area contributed by atoms with E-state index in [1.54, 1.807) is 0 Å². The van der Waals surface area contributed by atoms with E-state index in [1.165, 1.54) is 6.07 Å². The molecule has 1 N–H and O–H groups in total. The van der Waals surface area contributed by atoms with Crippen molar-refractivity contribution in [2.75, 3.05) is 18.0 Å². The second kappa shape index (κ2) is 8.60. The summed E-state index contributed by atoms with van der Waals surface area (Å²) >= 11 is 0. The van der Waals surface area contributed by atoms with Crippen molar-refractivity contribution in [2.24, 2.45) is 5.92 Å². The van der Waals surface area contributed by atoms with E-state index in [2.05, 4.69) is 9.97 Å². The number of alkyl halides is 3. The number of Topliss-reactive ketones (excluding diaryl/α,β-unsaturated/α-hetero) is 1. The van der Waals surface area contributed by atoms with Gasteiger partial charge in [0, 0.05) is 32.1 Å². The van der Waals surface area contributed by atoms with Gasteiger partial charge in [-0.25, -0.2) is 9.97 Å². The van der Waals surface area contributed by atoms with Crippen molar-refractivity contribution in [2.45, 2.75) is 57.7 Å². The van der Waals surface area contributed by atoms with Gasteiger partial charge < -0.3 is 10.0 Å². The molecule has 1 aromatic rings. The Morgan fingerprint density at radius 3 is 2.68 bits per heavy atom. The lowest BCUT2D eigenvalue weighted by Crippen LogP contribution is -2.34. The first-order chi connectivity index (χ1) is 11.8. The van der Waals surface area contributed by atoms with Gasteiger partial charge in [0.1, 0.15) is 11.6 Å². The van der Waals surface area contributed by atoms with Crippen LogP contribution in [0.3, 0.4) is 0 Å². The van der Waals surface area contributed by atoms with Crippen LogP contribution in [0.2, 0.25) is 0 Å². The number of carbonyl (C=O) groups excluding carboxylic acids is 1. The highest BCUT2D eigenvalue weighted by molar-refractivity contribution is 5.78. The molecular weight excluding hydrogens is 335 g/mol. The third-order valence-corrected chi connectivity index (χ3v) is 4.60. The van der Waals surface area contributed by atoms with E-state index in [1.807, 2.05) is 11.8 Å². The van der Waals surface area contributed by atoms with E-state index in [-0.39, 0.29) is 12.2 Å². The number of aromatic nitrogens is 2. The van der Waals surface area contributed by atoms with Crippen LogP contribution in [0.4, 0.5) is 19.0 Å². The number of hydrogen-bond acceptors (Lipinski definition) is 5. The highest BCUT2D eigenvalue weighted by atomic mass is 19.4. The molecule has 25 heavy (non-hydrogen) atoms. The number of carbonyl (C=O) groups is 1. The van der Waals surface area contributed by atoms with Crippen molar-refractivity contribution in [3.63, 3.8) is 0 Å². The molecule has 0 bridgehead atoms. The van der Waals surface area contributed by atoms with Crippen LogP contribution >= 0.6 is 0 Å². The van der Waals surface area contributed by atoms with Crippen LogP contribution in [0.5, 0.6) is 0 Å². The summed E-state index contributed by atoms with van der Waals surface area (Å²) < 4.78 is 38.1. The van der Waals surface area contributed by atoms with E-state index in [4.69, 9.17) is 0 Å². The van der Waals surface area contributed by atoms with Crippen LogP contribution in [-0.2, 0) is 11.0 Å². The molecule has 0 spiro atoms. The Morgan fingerprint density at radius 2 is 2.08 bits per heavy atom. The minimum atomic E-state index is -4.54. The maximum atomic E-state index is 12.7. The van der Waals surface area contributed by atoms with Gasteiger partial charge in [-0.05, 0) is 37.7 Å². The molecule has 5 nitrogen and oxygen atoms in total. The first-order valence-corrected chi connectivity index (χ1v) is 8.64. The molecule has 8 heteroatoms. The van der Waals surface area contributed by atoms with Crippen molar-refractivity contribution in [3.05, 3.63) is 18.1 Å². The van der Waals surface area contributed by atoms with E-state index in [0.29, 0.717) is 37.7 Å². The second-order valence-electron chi connectivity index (χ2n) is 6.51. The topological polar surface area (TPSA) is 66.3 Å². The van der Waals surface area contributed by atoms with Crippen LogP contribution in [-0.4, -0.2) is 40.1 Å². The molecule has 0 amide bonds. The highest BCUT2D eigenvalue weighted by Gasteiger charge is 2.35. The molecule has 2 heterocycles. The van der Waals surface area contributed by atoms with Crippen molar-refractivity contribution in [1.82, 2.24) is 9.97 Å². The normalized spacial score (nSPS) is 17.6. The Labute approximate surface area is 145 Å². The maximum absolute atomic E-state index is 12.7. The molecule has 1 atom stereocenters. The largest absolute Gasteiger partial charge is 0.451 e. The summed E-state index contributed by atoms with van der Waals surface area (Å²) in [7, 11) is 0. The van der Waals surface area contributed by atoms with Gasteiger partial charge in [-0.3, -0.25) is 4.79 Å². The number of aliphatic hydroxyl groups is 1. The summed E-state index contributed by atoms with van der Waals surface area (Å²) in [5.74, 6) is -0.375. The second-order valence-corrected chi connectivity index (χ2v) is 6.51. The lowest BCUT2D eigenvalue weighted by molar-refractivity contribution is -0.144. The molecule has 1 unspecified atom stereocenters. The summed E-state index contributed by atoms with van der Waals surface area (Å²) in [6, 6.07) is 1.49. The van der Waals surface area contributed by atoms with Gasteiger partial charge in [-0.2, -0.15) is 13.2 Å². The smallest absolute Gasteiger partial charge is 0.393 e. The molecule has 2 rings (SSSR count). The first kappa shape index (κ1) is 19.6. The number of anilines is 1. The predicted octanol–water partition coefficient (Wildman–Crippen LogP) is 3.22. The summed E-state index contributed by atoms with van der Waals surface area (Å²) in [6.07, 6.45) is -0.348. The molecule has 1 aliphatic heterocycles. The minimum Gasteiger partial charge on any atom is -0.393 e. The zero-order valence-electron chi connectivity index (χ0n) is 14.3. The van der Waals surface area contributed by atoms with E-state index in [0.717, 1.165) is 25.5 Å². The van der Waals surface area contributed by atoms with Gasteiger partial charge in [0.15, 0.2) is 0 Å². The average molecular weight is 359 g/mol. The standard InChI is InChI=1S/C17H24F3N3O2/c1-2-13(24)11-14(25)4-3-12-6-9-23(10-7-12)15-5-8-21-16(22-15)17(18,19)20/h5,8,12-13,24H,2-4,6-7,9-11H2,1H3. The van der Waals surface area contributed by atoms with Gasteiger partial charge >= 0.3 is 6.18 Å². The number of piperidine rings is 1. The molecular formula is C17H24F3N3O2. The SMILES string of the molecule is CCC(O)CC(=O)CCC1CCN(c2ccnc(C(F)(F)F)n2)CC1. The molecule has 1 aliphatic rings. The third kappa shape index (κ3) is 5.95. The lowest BCUT2D eigenvalue weighted by Gasteiger charge is -2.32. The van der Waals surface area contributed by atoms with Gasteiger partial charge in [-0.15, -0.1) is 0 Å². The Hall–Kier alpha value is -1.70. The molecule has 0 aromatic carbocycles. The third-order valence-electron chi connectivity index (χ3n) is 4.60. The van der Waals surface area contributed by atoms with Crippen molar-refractivity contribution < 1.29 is 23.1 Å². The van der Waals surface area contributed by atoms with E-state index in [9.17, 15) is 23.1 Å². The molecule has 0 saturated carbocycles. The Morgan fingerprint density at radius 1 is 1.40 bits per heavy atom. The number of ketones is 1. The number of nitrogens with zero attached hydrogens (tertiary/aromatic N) is 3. The summed E-state index contributed by atoms with van der Waals surface area (Å²) in [5, 5.41) is 9.49. The van der Waals surface area contributed by atoms with Crippen molar-refractivity contribution in [3.8, 4) is 0 Å². The monoisotopic (exact) mass is 359 g/mol. The van der Waals surface area contributed by atoms with Crippen molar-refractivity contribution >= 4 is 11.6 Å². The zero-order valence-corrected chi connectivity index (χ0v) is 14.3. The van der Waals surface area contributed by atoms with Crippen LogP contribution in [0.15, 0.2) is 12.3 Å². The Balaban J connectivity index is 1.81. The van der Waals surface area contributed by atoms with Crippen molar-refractivity contribution in [1.29, 1.82) is 0 Å². The number of aliphatic hydroxyl groups excluding tert-OH is 1. The zero-order chi connectivity index (χ0) is 18.4. The molecule has 1 saturated heterocycles. The summed E-state index contributed by atoms with van der Waals surface area (Å²) in [4.78, 5) is 20.5. The summed E-state index contributed by atoms with van der Waals surface area (Å²) in [6.45, 7) is 3.07. The summed E-state index contributed by atoms with van der Waals surface area (Å²) in [5.41, 5.74) is 0. The Bertz CT molecular complexity index is 573. The van der Waals surface area contributed by atoms with Gasteiger partial charge in [-0.1, -0.05) is 6.92 Å². The lowest BCUT2D eigenvalue weighted by atomic mass is 9.90. The minimum absolute atomic E-state index is 0.0717. The van der Waals surface area contributed by atoms with Gasteiger partial charge in [0.2, 0.25) is 5.82 Å². The average Bonchev–Trinajstić information content (AvgIpc) is 2.59. The predicted molar refractivity (Wildman–Crippen MR) is 87.1 cm³/mol. The van der Waals surface area contributed by atoms with Gasteiger partial charge in [0.25, 0.3) is 0 Å². The fourth-order valence-electron chi connectivity index (χ4n) is 2.99. The van der Waals surface area contributed by atoms with Crippen LogP contribution in [0.1, 0.15) is 51.3 Å². The Kier molecular flexibility index (Phi) is 6.75. The fourth-order valence-corrected chi connectivity index (χ4v) is 2.99. The molecule has 0 aliphatic carbocycles. The molecule has 140 valence electrons. The fraction of sp³-hybridized carbons (Fsp3) is 0.706. The maximum Gasteiger partial charge on any atom is 0.451 e. The number of hydrogen-bond donors (Lipinski definition) is 1. The number of halogens is 3. The number of rotatable bonds is 7. The highest BCUT2D eigenvalue weighted by Crippen LogP contribution is 2.29. The van der Waals surface area contributed by atoms with Crippen LogP contribution < -0.4 is 4.90 Å². The first-order valence-electron chi connectivity index (χ1n) is 8.64. The molecule has 1 fully saturated rings. The molecule has 1 aromatic heterocycles. The van der Waals surface area contributed by atoms with E-state index < -0.39 is 18.1 Å². The van der Waals surface area contributed by atoms with Crippen LogP contribution in [0.25, 0.3) is 0 Å². The quantitative estimate of drug-likeness (QED) is 0.810. The van der Waals surface area contributed by atoms with E-state index >= 15 is 0 Å². The van der Waals surface area contributed by atoms with Gasteiger partial charge in [0.05, 0.1) is 6.10 Å². The molecule has 0 radical (unpaired) electrons. The van der Waals surface area contributed by atoms with Crippen LogP contribution in [0, 0.1) is 5.92 Å².